The second-order valence-electron chi connectivity index (χ2n) is 4.39. The zero-order valence-electron chi connectivity index (χ0n) is 12.8. The molecule has 0 bridgehead atoms. The number of halogens is 3. The Morgan fingerprint density at radius 2 is 1.77 bits per heavy atom. The quantitative estimate of drug-likeness (QED) is 0.800. The molecule has 0 aliphatic carbocycles. The average molecular weight is 321 g/mol. The number of amides is 1. The van der Waals surface area contributed by atoms with Crippen molar-refractivity contribution >= 4 is 12.0 Å². The monoisotopic (exact) mass is 321 g/mol. The average Bonchev–Trinajstić information content (AvgIpc) is 2.77. The third-order valence-corrected chi connectivity index (χ3v) is 3.03. The van der Waals surface area contributed by atoms with E-state index in [9.17, 15) is 22.8 Å². The highest BCUT2D eigenvalue weighted by Crippen LogP contribution is 2.35. The number of ether oxygens (including phenoxy) is 1. The van der Waals surface area contributed by atoms with Crippen molar-refractivity contribution in [2.24, 2.45) is 0 Å². The minimum Gasteiger partial charge on any atom is -0.461 e. The highest BCUT2D eigenvalue weighted by Gasteiger charge is 2.43. The van der Waals surface area contributed by atoms with Gasteiger partial charge in [0.1, 0.15) is 5.56 Å². The summed E-state index contributed by atoms with van der Waals surface area (Å²) in [6, 6.07) is -0.799. The lowest BCUT2D eigenvalue weighted by molar-refractivity contribution is -0.138. The molecule has 0 atom stereocenters. The van der Waals surface area contributed by atoms with Gasteiger partial charge in [-0.05, 0) is 27.7 Å². The third kappa shape index (κ3) is 3.40. The van der Waals surface area contributed by atoms with E-state index in [4.69, 9.17) is 0 Å². The molecule has 6 nitrogen and oxygen atoms in total. The zero-order valence-corrected chi connectivity index (χ0v) is 12.8. The molecule has 0 saturated heterocycles. The standard InChI is InChI=1S/C13H18F3N3O3/c1-5-18(6-2)12(21)19-10(11(20)22-7-3)9(8(4)17-19)13(14,15)16/h5-7H2,1-4H3. The number of aromatic nitrogens is 2. The molecule has 0 saturated carbocycles. The lowest BCUT2D eigenvalue weighted by Crippen LogP contribution is -2.37. The molecule has 1 aromatic rings. The lowest BCUT2D eigenvalue weighted by Gasteiger charge is -2.19. The van der Waals surface area contributed by atoms with Gasteiger partial charge in [0, 0.05) is 13.1 Å². The van der Waals surface area contributed by atoms with Crippen molar-refractivity contribution in [3.05, 3.63) is 17.0 Å². The van der Waals surface area contributed by atoms with Crippen LogP contribution < -0.4 is 0 Å². The molecular weight excluding hydrogens is 303 g/mol. The van der Waals surface area contributed by atoms with Crippen LogP contribution in [0.25, 0.3) is 0 Å². The Bertz CT molecular complexity index is 563. The molecule has 0 aliphatic rings. The molecule has 1 heterocycles. The van der Waals surface area contributed by atoms with Gasteiger partial charge in [0.15, 0.2) is 5.69 Å². The van der Waals surface area contributed by atoms with Crippen molar-refractivity contribution < 1.29 is 27.5 Å². The number of carbonyl (C=O) groups excluding carboxylic acids is 2. The van der Waals surface area contributed by atoms with Crippen LogP contribution in [-0.2, 0) is 10.9 Å². The zero-order chi connectivity index (χ0) is 17.1. The molecule has 1 rings (SSSR count). The summed E-state index contributed by atoms with van der Waals surface area (Å²) in [7, 11) is 0. The summed E-state index contributed by atoms with van der Waals surface area (Å²) in [5, 5.41) is 3.60. The first-order chi connectivity index (χ1) is 10.2. The maximum atomic E-state index is 13.2. The van der Waals surface area contributed by atoms with Crippen LogP contribution in [-0.4, -0.2) is 46.4 Å². The number of alkyl halides is 3. The van der Waals surface area contributed by atoms with Crippen molar-refractivity contribution in [3.8, 4) is 0 Å². The van der Waals surface area contributed by atoms with Crippen LogP contribution in [0.4, 0.5) is 18.0 Å². The van der Waals surface area contributed by atoms with Crippen molar-refractivity contribution in [2.75, 3.05) is 19.7 Å². The fraction of sp³-hybridized carbons (Fsp3) is 0.615. The molecule has 0 radical (unpaired) electrons. The number of aryl methyl sites for hydroxylation is 1. The van der Waals surface area contributed by atoms with E-state index in [1.807, 2.05) is 0 Å². The van der Waals surface area contributed by atoms with E-state index < -0.39 is 35.1 Å². The molecule has 1 aromatic heterocycles. The Kier molecular flexibility index (Phi) is 5.56. The summed E-state index contributed by atoms with van der Waals surface area (Å²) in [5.41, 5.74) is -2.58. The van der Waals surface area contributed by atoms with Gasteiger partial charge in [0.2, 0.25) is 0 Å². The van der Waals surface area contributed by atoms with Crippen molar-refractivity contribution in [1.29, 1.82) is 0 Å². The van der Waals surface area contributed by atoms with E-state index in [0.29, 0.717) is 4.68 Å². The van der Waals surface area contributed by atoms with E-state index >= 15 is 0 Å². The molecule has 1 amide bonds. The van der Waals surface area contributed by atoms with Gasteiger partial charge >= 0.3 is 18.2 Å². The summed E-state index contributed by atoms with van der Waals surface area (Å²) in [6.07, 6.45) is -4.81. The Hall–Kier alpha value is -2.06. The molecule has 0 unspecified atom stereocenters. The predicted octanol–water partition coefficient (Wildman–Crippen LogP) is 2.70. The molecule has 22 heavy (non-hydrogen) atoms. The van der Waals surface area contributed by atoms with Crippen LogP contribution in [0, 0.1) is 6.92 Å². The minimum atomic E-state index is -4.81. The lowest BCUT2D eigenvalue weighted by atomic mass is 10.2. The summed E-state index contributed by atoms with van der Waals surface area (Å²) in [4.78, 5) is 25.4. The Morgan fingerprint density at radius 1 is 1.23 bits per heavy atom. The first-order valence-electron chi connectivity index (χ1n) is 6.82. The minimum absolute atomic E-state index is 0.111. The smallest absolute Gasteiger partial charge is 0.420 e. The Labute approximate surface area is 125 Å². The summed E-state index contributed by atoms with van der Waals surface area (Å²) >= 11 is 0. The number of rotatable bonds is 4. The maximum absolute atomic E-state index is 13.2. The summed E-state index contributed by atoms with van der Waals surface area (Å²) in [5.74, 6) is -1.23. The van der Waals surface area contributed by atoms with E-state index in [2.05, 4.69) is 9.84 Å². The highest BCUT2D eigenvalue weighted by molar-refractivity contribution is 5.94. The number of hydrogen-bond donors (Lipinski definition) is 0. The van der Waals surface area contributed by atoms with Crippen LogP contribution in [0.1, 0.15) is 42.5 Å². The molecule has 0 spiro atoms. The number of hydrogen-bond acceptors (Lipinski definition) is 4. The number of carbonyl (C=O) groups is 2. The van der Waals surface area contributed by atoms with Crippen LogP contribution in [0.15, 0.2) is 0 Å². The fourth-order valence-corrected chi connectivity index (χ4v) is 2.02. The van der Waals surface area contributed by atoms with Crippen LogP contribution in [0.3, 0.4) is 0 Å². The van der Waals surface area contributed by atoms with Gasteiger partial charge in [0.25, 0.3) is 0 Å². The third-order valence-electron chi connectivity index (χ3n) is 3.03. The van der Waals surface area contributed by atoms with Crippen LogP contribution in [0.2, 0.25) is 0 Å². The van der Waals surface area contributed by atoms with Crippen molar-refractivity contribution in [1.82, 2.24) is 14.7 Å². The molecule has 0 aromatic carbocycles. The Morgan fingerprint density at radius 3 is 2.18 bits per heavy atom. The van der Waals surface area contributed by atoms with Gasteiger partial charge in [-0.2, -0.15) is 23.0 Å². The normalized spacial score (nSPS) is 11.4. The van der Waals surface area contributed by atoms with Gasteiger partial charge in [-0.1, -0.05) is 0 Å². The second kappa shape index (κ2) is 6.80. The van der Waals surface area contributed by atoms with Gasteiger partial charge in [-0.3, -0.25) is 0 Å². The molecule has 0 N–H and O–H groups in total. The van der Waals surface area contributed by atoms with E-state index in [1.165, 1.54) is 11.8 Å². The molecule has 0 fully saturated rings. The van der Waals surface area contributed by atoms with E-state index in [1.54, 1.807) is 13.8 Å². The van der Waals surface area contributed by atoms with Gasteiger partial charge in [-0.15, -0.1) is 0 Å². The summed E-state index contributed by atoms with van der Waals surface area (Å²) in [6.45, 7) is 6.34. The van der Waals surface area contributed by atoms with Crippen molar-refractivity contribution in [3.63, 3.8) is 0 Å². The SMILES string of the molecule is CCOC(=O)c1c(C(F)(F)F)c(C)nn1C(=O)N(CC)CC. The maximum Gasteiger partial charge on any atom is 0.420 e. The van der Waals surface area contributed by atoms with E-state index in [-0.39, 0.29) is 19.7 Å². The van der Waals surface area contributed by atoms with Gasteiger partial charge < -0.3 is 9.64 Å². The topological polar surface area (TPSA) is 64.4 Å². The molecule has 124 valence electrons. The summed E-state index contributed by atoms with van der Waals surface area (Å²) < 4.78 is 44.6. The molecule has 0 aliphatic heterocycles. The van der Waals surface area contributed by atoms with Gasteiger partial charge in [0.05, 0.1) is 12.3 Å². The second-order valence-corrected chi connectivity index (χ2v) is 4.39. The largest absolute Gasteiger partial charge is 0.461 e. The number of nitrogens with zero attached hydrogens (tertiary/aromatic N) is 3. The molecular formula is C13H18F3N3O3. The van der Waals surface area contributed by atoms with Crippen LogP contribution in [0.5, 0.6) is 0 Å². The van der Waals surface area contributed by atoms with E-state index in [0.717, 1.165) is 6.92 Å². The predicted molar refractivity (Wildman–Crippen MR) is 71.6 cm³/mol. The first kappa shape index (κ1) is 18.0. The van der Waals surface area contributed by atoms with Crippen LogP contribution >= 0.6 is 0 Å². The Balaban J connectivity index is 3.52. The first-order valence-corrected chi connectivity index (χ1v) is 6.82. The fourth-order valence-electron chi connectivity index (χ4n) is 2.02. The molecule has 9 heteroatoms. The number of esters is 1. The van der Waals surface area contributed by atoms with Gasteiger partial charge in [-0.25, -0.2) is 9.59 Å². The van der Waals surface area contributed by atoms with Crippen molar-refractivity contribution in [2.45, 2.75) is 33.9 Å². The highest BCUT2D eigenvalue weighted by atomic mass is 19.4.